The van der Waals surface area contributed by atoms with Crippen LogP contribution in [0.4, 0.5) is 5.82 Å². The SMILES string of the molecule is CCCCCNc1ncnc2c1cnn2C. The zero-order valence-corrected chi connectivity index (χ0v) is 9.77. The summed E-state index contributed by atoms with van der Waals surface area (Å²) in [5.74, 6) is 0.884. The zero-order valence-electron chi connectivity index (χ0n) is 9.77. The molecule has 0 radical (unpaired) electrons. The highest BCUT2D eigenvalue weighted by Gasteiger charge is 2.06. The highest BCUT2D eigenvalue weighted by atomic mass is 15.3. The van der Waals surface area contributed by atoms with Crippen molar-refractivity contribution in [3.63, 3.8) is 0 Å². The summed E-state index contributed by atoms with van der Waals surface area (Å²) in [5, 5.41) is 8.49. The molecule has 5 heteroatoms. The third-order valence-corrected chi connectivity index (χ3v) is 2.60. The van der Waals surface area contributed by atoms with Crippen LogP contribution in [0.15, 0.2) is 12.5 Å². The van der Waals surface area contributed by atoms with Crippen molar-refractivity contribution in [1.29, 1.82) is 0 Å². The molecule has 1 N–H and O–H groups in total. The van der Waals surface area contributed by atoms with Crippen LogP contribution in [0.3, 0.4) is 0 Å². The van der Waals surface area contributed by atoms with Crippen molar-refractivity contribution < 1.29 is 0 Å². The summed E-state index contributed by atoms with van der Waals surface area (Å²) in [7, 11) is 1.89. The third-order valence-electron chi connectivity index (χ3n) is 2.60. The lowest BCUT2D eigenvalue weighted by atomic mass is 10.2. The summed E-state index contributed by atoms with van der Waals surface area (Å²) in [5.41, 5.74) is 0.869. The molecule has 86 valence electrons. The number of rotatable bonds is 5. The molecule has 0 bridgehead atoms. The van der Waals surface area contributed by atoms with Crippen LogP contribution >= 0.6 is 0 Å². The molecular formula is C11H17N5. The van der Waals surface area contributed by atoms with Crippen molar-refractivity contribution in [2.45, 2.75) is 26.2 Å². The lowest BCUT2D eigenvalue weighted by Crippen LogP contribution is -2.04. The minimum absolute atomic E-state index is 0.869. The standard InChI is InChI=1S/C11H17N5/c1-3-4-5-6-12-10-9-7-15-16(2)11(9)14-8-13-10/h7-8H,3-6H2,1-2H3,(H,12,13,14). The molecule has 0 saturated heterocycles. The molecule has 2 rings (SSSR count). The van der Waals surface area contributed by atoms with Gasteiger partial charge in [0.1, 0.15) is 12.1 Å². The van der Waals surface area contributed by atoms with Gasteiger partial charge >= 0.3 is 0 Å². The first-order chi connectivity index (χ1) is 7.83. The number of fused-ring (bicyclic) bond motifs is 1. The second-order valence-electron chi connectivity index (χ2n) is 3.86. The number of nitrogens with zero attached hydrogens (tertiary/aromatic N) is 4. The number of hydrogen-bond donors (Lipinski definition) is 1. The molecule has 0 aliphatic heterocycles. The second-order valence-corrected chi connectivity index (χ2v) is 3.86. The molecule has 0 fully saturated rings. The van der Waals surface area contributed by atoms with Gasteiger partial charge in [-0.1, -0.05) is 19.8 Å². The van der Waals surface area contributed by atoms with Crippen molar-refractivity contribution in [2.24, 2.45) is 7.05 Å². The van der Waals surface area contributed by atoms with Crippen LogP contribution in [-0.2, 0) is 7.05 Å². The van der Waals surface area contributed by atoms with Crippen LogP contribution in [0.25, 0.3) is 11.0 Å². The summed E-state index contributed by atoms with van der Waals surface area (Å²) >= 11 is 0. The normalized spacial score (nSPS) is 10.9. The molecule has 0 aliphatic rings. The van der Waals surface area contributed by atoms with Gasteiger partial charge in [0.15, 0.2) is 5.65 Å². The van der Waals surface area contributed by atoms with Crippen molar-refractivity contribution in [1.82, 2.24) is 19.7 Å². The van der Waals surface area contributed by atoms with Gasteiger partial charge in [0.25, 0.3) is 0 Å². The van der Waals surface area contributed by atoms with Gasteiger partial charge in [0.2, 0.25) is 0 Å². The summed E-state index contributed by atoms with van der Waals surface area (Å²) in [4.78, 5) is 8.44. The Hall–Kier alpha value is -1.65. The van der Waals surface area contributed by atoms with Gasteiger partial charge in [-0.25, -0.2) is 9.97 Å². The Balaban J connectivity index is 2.11. The summed E-state index contributed by atoms with van der Waals surface area (Å²) in [6.45, 7) is 3.15. The molecule has 16 heavy (non-hydrogen) atoms. The Kier molecular flexibility index (Phi) is 3.34. The molecule has 0 amide bonds. The van der Waals surface area contributed by atoms with E-state index >= 15 is 0 Å². The van der Waals surface area contributed by atoms with Gasteiger partial charge < -0.3 is 5.32 Å². The maximum Gasteiger partial charge on any atom is 0.163 e. The van der Waals surface area contributed by atoms with E-state index in [1.807, 2.05) is 7.05 Å². The number of aryl methyl sites for hydroxylation is 1. The molecular weight excluding hydrogens is 202 g/mol. The Morgan fingerprint density at radius 2 is 2.19 bits per heavy atom. The van der Waals surface area contributed by atoms with Gasteiger partial charge in [0.05, 0.1) is 11.6 Å². The molecule has 0 aromatic carbocycles. The maximum absolute atomic E-state index is 4.24. The van der Waals surface area contributed by atoms with E-state index in [1.165, 1.54) is 19.3 Å². The molecule has 0 spiro atoms. The Bertz CT molecular complexity index is 462. The average Bonchev–Trinajstić information content (AvgIpc) is 2.68. The summed E-state index contributed by atoms with van der Waals surface area (Å²) in [6, 6.07) is 0. The lowest BCUT2D eigenvalue weighted by molar-refractivity contribution is 0.742. The predicted molar refractivity (Wildman–Crippen MR) is 64.3 cm³/mol. The van der Waals surface area contributed by atoms with Crippen molar-refractivity contribution in [3.8, 4) is 0 Å². The van der Waals surface area contributed by atoms with Crippen molar-refractivity contribution >= 4 is 16.9 Å². The predicted octanol–water partition coefficient (Wildman–Crippen LogP) is 1.97. The average molecular weight is 219 g/mol. The molecule has 0 aliphatic carbocycles. The van der Waals surface area contributed by atoms with Crippen molar-refractivity contribution in [3.05, 3.63) is 12.5 Å². The van der Waals surface area contributed by atoms with Gasteiger partial charge in [-0.05, 0) is 6.42 Å². The monoisotopic (exact) mass is 219 g/mol. The van der Waals surface area contributed by atoms with Gasteiger partial charge in [-0.15, -0.1) is 0 Å². The topological polar surface area (TPSA) is 55.6 Å². The van der Waals surface area contributed by atoms with Gasteiger partial charge in [-0.2, -0.15) is 5.10 Å². The molecule has 2 heterocycles. The highest BCUT2D eigenvalue weighted by Crippen LogP contribution is 2.17. The second kappa shape index (κ2) is 4.92. The number of unbranched alkanes of at least 4 members (excludes halogenated alkanes) is 2. The molecule has 0 atom stereocenters. The van der Waals surface area contributed by atoms with Gasteiger partial charge in [0, 0.05) is 13.6 Å². The van der Waals surface area contributed by atoms with Crippen LogP contribution < -0.4 is 5.32 Å². The summed E-state index contributed by atoms with van der Waals surface area (Å²) < 4.78 is 1.76. The number of nitrogens with one attached hydrogen (secondary N) is 1. The highest BCUT2D eigenvalue weighted by molar-refractivity contribution is 5.85. The molecule has 5 nitrogen and oxygen atoms in total. The maximum atomic E-state index is 4.24. The fourth-order valence-corrected chi connectivity index (χ4v) is 1.68. The van der Waals surface area contributed by atoms with E-state index in [9.17, 15) is 0 Å². The zero-order chi connectivity index (χ0) is 11.4. The van der Waals surface area contributed by atoms with E-state index in [1.54, 1.807) is 17.2 Å². The van der Waals surface area contributed by atoms with E-state index in [0.29, 0.717) is 0 Å². The Morgan fingerprint density at radius 3 is 3.00 bits per heavy atom. The van der Waals surface area contributed by atoms with Crippen LogP contribution in [0.2, 0.25) is 0 Å². The van der Waals surface area contributed by atoms with Crippen LogP contribution in [0.1, 0.15) is 26.2 Å². The number of aromatic nitrogens is 4. The van der Waals surface area contributed by atoms with E-state index in [-0.39, 0.29) is 0 Å². The largest absolute Gasteiger partial charge is 0.369 e. The molecule has 2 aromatic heterocycles. The minimum atomic E-state index is 0.869. The quantitative estimate of drug-likeness (QED) is 0.781. The fraction of sp³-hybridized carbons (Fsp3) is 0.545. The molecule has 0 saturated carbocycles. The summed E-state index contributed by atoms with van der Waals surface area (Å²) in [6.07, 6.45) is 7.02. The first-order valence-electron chi connectivity index (χ1n) is 5.69. The van der Waals surface area contributed by atoms with Crippen molar-refractivity contribution in [2.75, 3.05) is 11.9 Å². The lowest BCUT2D eigenvalue weighted by Gasteiger charge is -2.05. The first-order valence-corrected chi connectivity index (χ1v) is 5.69. The third kappa shape index (κ3) is 2.13. The smallest absolute Gasteiger partial charge is 0.163 e. The van der Waals surface area contributed by atoms with E-state index in [4.69, 9.17) is 0 Å². The molecule has 0 unspecified atom stereocenters. The van der Waals surface area contributed by atoms with Crippen LogP contribution in [-0.4, -0.2) is 26.3 Å². The van der Waals surface area contributed by atoms with Crippen LogP contribution in [0, 0.1) is 0 Å². The van der Waals surface area contributed by atoms with E-state index < -0.39 is 0 Å². The van der Waals surface area contributed by atoms with Crippen LogP contribution in [0.5, 0.6) is 0 Å². The van der Waals surface area contributed by atoms with Gasteiger partial charge in [-0.3, -0.25) is 4.68 Å². The fourth-order valence-electron chi connectivity index (χ4n) is 1.68. The van der Waals surface area contributed by atoms with E-state index in [2.05, 4.69) is 27.3 Å². The minimum Gasteiger partial charge on any atom is -0.369 e. The van der Waals surface area contributed by atoms with E-state index in [0.717, 1.165) is 23.4 Å². The molecule has 2 aromatic rings. The Morgan fingerprint density at radius 1 is 1.31 bits per heavy atom. The number of hydrogen-bond acceptors (Lipinski definition) is 4. The Labute approximate surface area is 94.9 Å². The number of anilines is 1. The first kappa shape index (κ1) is 10.9.